The summed E-state index contributed by atoms with van der Waals surface area (Å²) in [5.41, 5.74) is 1.27. The Morgan fingerprint density at radius 3 is 2.03 bits per heavy atom. The van der Waals surface area contributed by atoms with Crippen LogP contribution in [0.4, 0.5) is 4.79 Å². The lowest BCUT2D eigenvalue weighted by molar-refractivity contribution is -0.136. The summed E-state index contributed by atoms with van der Waals surface area (Å²) >= 11 is 0. The molecule has 1 unspecified atom stereocenters. The molecule has 6 heteroatoms. The maximum Gasteiger partial charge on any atom is 0.410 e. The molecule has 0 aliphatic heterocycles. The molecule has 0 bridgehead atoms. The van der Waals surface area contributed by atoms with Crippen LogP contribution in [0.2, 0.25) is 0 Å². The largest absolute Gasteiger partial charge is 0.444 e. The zero-order valence-electron chi connectivity index (χ0n) is 19.0. The van der Waals surface area contributed by atoms with E-state index in [-0.39, 0.29) is 19.1 Å². The van der Waals surface area contributed by atoms with Gasteiger partial charge < -0.3 is 14.7 Å². The number of rotatable bonds is 9. The van der Waals surface area contributed by atoms with Gasteiger partial charge in [-0.05, 0) is 38.3 Å². The lowest BCUT2D eigenvalue weighted by Crippen LogP contribution is -2.52. The van der Waals surface area contributed by atoms with E-state index in [9.17, 15) is 14.7 Å². The molecule has 0 spiro atoms. The van der Waals surface area contributed by atoms with E-state index in [0.717, 1.165) is 11.1 Å². The van der Waals surface area contributed by atoms with Gasteiger partial charge in [-0.15, -0.1) is 0 Å². The number of ether oxygens (including phenoxy) is 1. The van der Waals surface area contributed by atoms with Gasteiger partial charge in [-0.2, -0.15) is 0 Å². The monoisotopic (exact) mass is 426 g/mol. The van der Waals surface area contributed by atoms with E-state index in [4.69, 9.17) is 4.74 Å². The first-order valence-corrected chi connectivity index (χ1v) is 10.6. The third-order valence-electron chi connectivity index (χ3n) is 4.76. The van der Waals surface area contributed by atoms with Crippen molar-refractivity contribution in [3.8, 4) is 0 Å². The van der Waals surface area contributed by atoms with Crippen LogP contribution >= 0.6 is 0 Å². The molecule has 1 N–H and O–H groups in total. The first-order valence-electron chi connectivity index (χ1n) is 10.6. The van der Waals surface area contributed by atoms with Crippen LogP contribution < -0.4 is 0 Å². The molecule has 2 aromatic rings. The van der Waals surface area contributed by atoms with Gasteiger partial charge in [0.05, 0.1) is 0 Å². The minimum absolute atomic E-state index is 0.0780. The van der Waals surface area contributed by atoms with E-state index in [1.807, 2.05) is 60.7 Å². The van der Waals surface area contributed by atoms with Crippen LogP contribution in [0, 0.1) is 0 Å². The van der Waals surface area contributed by atoms with Crippen molar-refractivity contribution in [2.75, 3.05) is 20.2 Å². The van der Waals surface area contributed by atoms with Gasteiger partial charge in [0.1, 0.15) is 11.6 Å². The lowest BCUT2D eigenvalue weighted by atomic mass is 10.0. The average molecular weight is 427 g/mol. The molecule has 0 aromatic heterocycles. The fraction of sp³-hybridized carbons (Fsp3) is 0.440. The summed E-state index contributed by atoms with van der Waals surface area (Å²) in [4.78, 5) is 29.7. The maximum absolute atomic E-state index is 13.5. The summed E-state index contributed by atoms with van der Waals surface area (Å²) in [7, 11) is 1.74. The summed E-state index contributed by atoms with van der Waals surface area (Å²) in [5.74, 6) is -0.170. The van der Waals surface area contributed by atoms with Crippen molar-refractivity contribution in [1.29, 1.82) is 0 Å². The quantitative estimate of drug-likeness (QED) is 0.661. The normalized spacial score (nSPS) is 12.2. The van der Waals surface area contributed by atoms with Crippen molar-refractivity contribution in [3.05, 3.63) is 71.8 Å². The molecule has 1 atom stereocenters. The second kappa shape index (κ2) is 11.5. The lowest BCUT2D eigenvalue weighted by Gasteiger charge is -2.35. The van der Waals surface area contributed by atoms with Crippen molar-refractivity contribution in [2.45, 2.75) is 51.8 Å². The molecular formula is C25H34N2O4. The fourth-order valence-electron chi connectivity index (χ4n) is 3.29. The highest BCUT2D eigenvalue weighted by molar-refractivity contribution is 5.86. The number of aliphatic hydroxyl groups is 1. The Balaban J connectivity index is 2.32. The number of carbonyl (C=O) groups is 2. The molecule has 6 nitrogen and oxygen atoms in total. The van der Waals surface area contributed by atoms with E-state index in [1.165, 1.54) is 4.90 Å². The number of hydrogen-bond donors (Lipinski definition) is 1. The number of benzene rings is 2. The molecule has 0 saturated carbocycles. The van der Waals surface area contributed by atoms with Gasteiger partial charge in [-0.25, -0.2) is 4.79 Å². The molecule has 168 valence electrons. The highest BCUT2D eigenvalue weighted by Crippen LogP contribution is 2.18. The van der Waals surface area contributed by atoms with Gasteiger partial charge in [0.15, 0.2) is 0 Å². The second-order valence-corrected chi connectivity index (χ2v) is 8.64. The molecule has 0 saturated heterocycles. The zero-order chi connectivity index (χ0) is 22.9. The van der Waals surface area contributed by atoms with Crippen LogP contribution in [0.3, 0.4) is 0 Å². The minimum atomic E-state index is -0.738. The van der Waals surface area contributed by atoms with Crippen LogP contribution in [-0.2, 0) is 22.5 Å². The predicted molar refractivity (Wildman–Crippen MR) is 121 cm³/mol. The van der Waals surface area contributed by atoms with Gasteiger partial charge in [0.2, 0.25) is 5.91 Å². The Kier molecular flexibility index (Phi) is 9.06. The topological polar surface area (TPSA) is 70.1 Å². The highest BCUT2D eigenvalue weighted by Gasteiger charge is 2.34. The van der Waals surface area contributed by atoms with Gasteiger partial charge in [-0.1, -0.05) is 60.7 Å². The Hall–Kier alpha value is -2.86. The number of likely N-dealkylation sites (N-methyl/N-ethyl adjacent to an activating group) is 1. The smallest absolute Gasteiger partial charge is 0.410 e. The third-order valence-corrected chi connectivity index (χ3v) is 4.76. The summed E-state index contributed by atoms with van der Waals surface area (Å²) in [6.07, 6.45) is 0.173. The highest BCUT2D eigenvalue weighted by atomic mass is 16.6. The average Bonchev–Trinajstić information content (AvgIpc) is 2.73. The summed E-state index contributed by atoms with van der Waals surface area (Å²) < 4.78 is 5.60. The molecule has 2 amide bonds. The molecular weight excluding hydrogens is 392 g/mol. The van der Waals surface area contributed by atoms with Gasteiger partial charge >= 0.3 is 6.09 Å². The summed E-state index contributed by atoms with van der Waals surface area (Å²) in [6, 6.07) is 18.6. The van der Waals surface area contributed by atoms with Crippen molar-refractivity contribution in [2.24, 2.45) is 0 Å². The number of hydrogen-bond acceptors (Lipinski definition) is 4. The Morgan fingerprint density at radius 2 is 1.52 bits per heavy atom. The second-order valence-electron chi connectivity index (χ2n) is 8.64. The van der Waals surface area contributed by atoms with Gasteiger partial charge in [0.25, 0.3) is 0 Å². The summed E-state index contributed by atoms with van der Waals surface area (Å²) in [6.45, 7) is 5.98. The van der Waals surface area contributed by atoms with E-state index < -0.39 is 17.7 Å². The molecule has 0 aliphatic rings. The molecule has 2 rings (SSSR count). The van der Waals surface area contributed by atoms with Crippen molar-refractivity contribution in [1.82, 2.24) is 9.80 Å². The Bertz CT molecular complexity index is 818. The molecule has 0 radical (unpaired) electrons. The third kappa shape index (κ3) is 8.06. The van der Waals surface area contributed by atoms with Crippen molar-refractivity contribution in [3.63, 3.8) is 0 Å². The maximum atomic E-state index is 13.5. The molecule has 0 aliphatic carbocycles. The first-order chi connectivity index (χ1) is 14.7. The van der Waals surface area contributed by atoms with Crippen LogP contribution in [0.25, 0.3) is 0 Å². The first kappa shape index (κ1) is 24.4. The molecule has 31 heavy (non-hydrogen) atoms. The standard InChI is InChI=1S/C25H34N2O4/c1-25(2,3)31-24(30)27(16-11-17-28)22(18-20-12-7-5-8-13-20)23(29)26(4)19-21-14-9-6-10-15-21/h5-10,12-15,22,28H,11,16-19H2,1-4H3. The van der Waals surface area contributed by atoms with Crippen LogP contribution in [0.5, 0.6) is 0 Å². The van der Waals surface area contributed by atoms with Gasteiger partial charge in [0, 0.05) is 33.2 Å². The number of nitrogens with zero attached hydrogens (tertiary/aromatic N) is 2. The van der Waals surface area contributed by atoms with Crippen LogP contribution in [0.1, 0.15) is 38.3 Å². The van der Waals surface area contributed by atoms with Crippen LogP contribution in [-0.4, -0.2) is 58.7 Å². The van der Waals surface area contributed by atoms with Gasteiger partial charge in [-0.3, -0.25) is 9.69 Å². The summed E-state index contributed by atoms with van der Waals surface area (Å²) in [5, 5.41) is 9.37. The van der Waals surface area contributed by atoms with E-state index in [2.05, 4.69) is 0 Å². The predicted octanol–water partition coefficient (Wildman–Crippen LogP) is 3.88. The minimum Gasteiger partial charge on any atom is -0.444 e. The number of aliphatic hydroxyl groups excluding tert-OH is 1. The van der Waals surface area contributed by atoms with E-state index >= 15 is 0 Å². The Labute approximate surface area is 185 Å². The zero-order valence-corrected chi connectivity index (χ0v) is 19.0. The van der Waals surface area contributed by atoms with E-state index in [0.29, 0.717) is 19.4 Å². The fourth-order valence-corrected chi connectivity index (χ4v) is 3.29. The van der Waals surface area contributed by atoms with E-state index in [1.54, 1.807) is 32.7 Å². The Morgan fingerprint density at radius 1 is 0.968 bits per heavy atom. The number of carbonyl (C=O) groups excluding carboxylic acids is 2. The molecule has 0 fully saturated rings. The van der Waals surface area contributed by atoms with Crippen molar-refractivity contribution < 1.29 is 19.4 Å². The molecule has 2 aromatic carbocycles. The number of amides is 2. The SMILES string of the molecule is CN(Cc1ccccc1)C(=O)C(Cc1ccccc1)N(CCCO)C(=O)OC(C)(C)C. The van der Waals surface area contributed by atoms with Crippen LogP contribution in [0.15, 0.2) is 60.7 Å². The van der Waals surface area contributed by atoms with Crippen molar-refractivity contribution >= 4 is 12.0 Å². The molecule has 0 heterocycles.